The van der Waals surface area contributed by atoms with E-state index in [2.05, 4.69) is 20.3 Å². The van der Waals surface area contributed by atoms with Crippen LogP contribution >= 0.6 is 0 Å². The molecule has 11 nitrogen and oxygen atoms in total. The fraction of sp³-hybridized carbons (Fsp3) is 0.438. The number of halogens is 3. The number of benzene rings is 1. The van der Waals surface area contributed by atoms with E-state index in [4.69, 9.17) is 19.4 Å². The van der Waals surface area contributed by atoms with Crippen molar-refractivity contribution in [2.45, 2.75) is 70.7 Å². The van der Waals surface area contributed by atoms with Crippen LogP contribution in [-0.4, -0.2) is 54.8 Å². The van der Waals surface area contributed by atoms with Crippen molar-refractivity contribution in [1.29, 1.82) is 0 Å². The van der Waals surface area contributed by atoms with Gasteiger partial charge >= 0.3 is 12.3 Å². The van der Waals surface area contributed by atoms with Crippen LogP contribution in [0.2, 0.25) is 0 Å². The minimum Gasteiger partial charge on any atom is -0.480 e. The molecule has 1 amide bonds. The average molecular weight is 637 g/mol. The van der Waals surface area contributed by atoms with E-state index in [1.165, 1.54) is 25.1 Å². The van der Waals surface area contributed by atoms with Gasteiger partial charge in [0.1, 0.15) is 35.0 Å². The number of aromatic nitrogens is 6. The smallest absolute Gasteiger partial charge is 0.434 e. The molecule has 1 aromatic carbocycles. The molecule has 1 saturated carbocycles. The second-order valence-electron chi connectivity index (χ2n) is 12.5. The van der Waals surface area contributed by atoms with Crippen LogP contribution in [-0.2, 0) is 30.9 Å². The fourth-order valence-corrected chi connectivity index (χ4v) is 5.44. The Balaban J connectivity index is 1.35. The number of anilines is 2. The van der Waals surface area contributed by atoms with Crippen molar-refractivity contribution in [2.75, 3.05) is 23.9 Å². The minimum atomic E-state index is -4.52. The number of methoxy groups -OCH3 is 1. The molecule has 1 fully saturated rings. The number of carbonyl (C=O) groups excluding carboxylic acids is 1. The van der Waals surface area contributed by atoms with Gasteiger partial charge in [-0.15, -0.1) is 0 Å². The quantitative estimate of drug-likeness (QED) is 0.241. The Bertz CT molecular complexity index is 1760. The van der Waals surface area contributed by atoms with Gasteiger partial charge < -0.3 is 19.4 Å². The first-order valence-electron chi connectivity index (χ1n) is 15.1. The van der Waals surface area contributed by atoms with Gasteiger partial charge in [0, 0.05) is 43.4 Å². The Morgan fingerprint density at radius 2 is 1.80 bits per heavy atom. The summed E-state index contributed by atoms with van der Waals surface area (Å²) in [5.41, 5.74) is 1.94. The van der Waals surface area contributed by atoms with Gasteiger partial charge in [-0.3, -0.25) is 4.90 Å². The first kappa shape index (κ1) is 31.2. The molecule has 1 aliphatic heterocycles. The second kappa shape index (κ2) is 11.9. The Morgan fingerprint density at radius 3 is 2.43 bits per heavy atom. The molecule has 0 spiro atoms. The number of alkyl halides is 3. The number of nitrogens with zero attached hydrogens (tertiary/aromatic N) is 7. The Morgan fingerprint density at radius 1 is 1.07 bits per heavy atom. The number of hydrogen-bond acceptors (Lipinski definition) is 9. The molecule has 1 aliphatic carbocycles. The van der Waals surface area contributed by atoms with Gasteiger partial charge in [-0.1, -0.05) is 24.3 Å². The van der Waals surface area contributed by atoms with Gasteiger partial charge in [-0.05, 0) is 52.0 Å². The number of amides is 1. The summed E-state index contributed by atoms with van der Waals surface area (Å²) in [5, 5.41) is 3.42. The fourth-order valence-electron chi connectivity index (χ4n) is 5.44. The minimum absolute atomic E-state index is 0.217. The van der Waals surface area contributed by atoms with Gasteiger partial charge in [-0.2, -0.15) is 13.2 Å². The average Bonchev–Trinajstić information content (AvgIpc) is 3.78. The Hall–Kier alpha value is -4.75. The summed E-state index contributed by atoms with van der Waals surface area (Å²) in [6.07, 6.45) is 0.715. The first-order chi connectivity index (χ1) is 21.8. The van der Waals surface area contributed by atoms with Crippen LogP contribution in [0.25, 0.3) is 22.8 Å². The molecule has 242 valence electrons. The largest absolute Gasteiger partial charge is 0.480 e. The van der Waals surface area contributed by atoms with E-state index < -0.39 is 23.6 Å². The van der Waals surface area contributed by atoms with Crippen molar-refractivity contribution < 1.29 is 27.4 Å². The van der Waals surface area contributed by atoms with E-state index in [0.29, 0.717) is 60.4 Å². The molecule has 46 heavy (non-hydrogen) atoms. The van der Waals surface area contributed by atoms with Crippen molar-refractivity contribution >= 4 is 17.7 Å². The Labute approximate surface area is 264 Å². The predicted molar refractivity (Wildman–Crippen MR) is 164 cm³/mol. The monoisotopic (exact) mass is 636 g/mol. The lowest BCUT2D eigenvalue weighted by atomic mass is 10.0. The standard InChI is InChI=1S/C32H35F3N8O3/c1-31(2,3)46-30(44)43-14-6-7-21-25(40-26(41-28(21)43)23-24(19-12-13-19)37-17-38-29(23)45-5)36-15-18-8-10-20(11-9-18)27-39-22(16-42(27)4)32(33,34)35/h8-11,16-17,19H,6-7,12-15H2,1-5H3,(H,36,40,41). The highest BCUT2D eigenvalue weighted by Crippen LogP contribution is 2.46. The highest BCUT2D eigenvalue weighted by atomic mass is 19.4. The molecule has 1 N–H and O–H groups in total. The van der Waals surface area contributed by atoms with E-state index in [0.717, 1.165) is 35.9 Å². The van der Waals surface area contributed by atoms with Crippen LogP contribution in [0.15, 0.2) is 36.8 Å². The highest BCUT2D eigenvalue weighted by molar-refractivity contribution is 5.90. The zero-order valence-electron chi connectivity index (χ0n) is 26.3. The number of aryl methyl sites for hydroxylation is 1. The van der Waals surface area contributed by atoms with Crippen LogP contribution in [0.3, 0.4) is 0 Å². The summed E-state index contributed by atoms with van der Waals surface area (Å²) in [5.74, 6) is 2.14. The van der Waals surface area contributed by atoms with E-state index in [-0.39, 0.29) is 11.7 Å². The van der Waals surface area contributed by atoms with Crippen LogP contribution in [0, 0.1) is 0 Å². The van der Waals surface area contributed by atoms with Crippen molar-refractivity contribution in [1.82, 2.24) is 29.5 Å². The van der Waals surface area contributed by atoms with Gasteiger partial charge in [0.25, 0.3) is 0 Å². The van der Waals surface area contributed by atoms with Gasteiger partial charge in [0.2, 0.25) is 5.88 Å². The third-order valence-corrected chi connectivity index (χ3v) is 7.73. The van der Waals surface area contributed by atoms with Crippen molar-refractivity contribution in [3.05, 3.63) is 59.3 Å². The molecule has 6 rings (SSSR count). The topological polar surface area (TPSA) is 120 Å². The summed E-state index contributed by atoms with van der Waals surface area (Å²) in [6.45, 7) is 6.23. The number of ether oxygens (including phenoxy) is 2. The van der Waals surface area contributed by atoms with Gasteiger partial charge in [0.15, 0.2) is 11.5 Å². The molecule has 0 unspecified atom stereocenters. The number of imidazole rings is 1. The number of rotatable bonds is 7. The molecular weight excluding hydrogens is 601 g/mol. The molecular formula is C32H35F3N8O3. The highest BCUT2D eigenvalue weighted by Gasteiger charge is 2.36. The predicted octanol–water partition coefficient (Wildman–Crippen LogP) is 6.54. The molecule has 0 atom stereocenters. The van der Waals surface area contributed by atoms with Crippen LogP contribution in [0.5, 0.6) is 5.88 Å². The summed E-state index contributed by atoms with van der Waals surface area (Å²) >= 11 is 0. The van der Waals surface area contributed by atoms with Crippen molar-refractivity contribution in [3.8, 4) is 28.7 Å². The molecule has 14 heteroatoms. The summed E-state index contributed by atoms with van der Waals surface area (Å²) in [4.78, 5) is 37.4. The van der Waals surface area contributed by atoms with E-state index >= 15 is 0 Å². The molecule has 0 saturated heterocycles. The number of hydrogen-bond donors (Lipinski definition) is 1. The molecule has 4 heterocycles. The maximum Gasteiger partial charge on any atom is 0.434 e. The lowest BCUT2D eigenvalue weighted by Crippen LogP contribution is -2.40. The maximum atomic E-state index is 13.4. The second-order valence-corrected chi connectivity index (χ2v) is 12.5. The maximum absolute atomic E-state index is 13.4. The molecule has 0 radical (unpaired) electrons. The zero-order chi connectivity index (χ0) is 32.8. The Kier molecular flexibility index (Phi) is 8.07. The lowest BCUT2D eigenvalue weighted by molar-refractivity contribution is -0.140. The number of carbonyl (C=O) groups is 1. The first-order valence-corrected chi connectivity index (χ1v) is 15.1. The molecule has 3 aromatic heterocycles. The SMILES string of the molecule is COc1ncnc(C2CC2)c1-c1nc(NCc2ccc(-c3nc(C(F)(F)F)cn3C)cc2)c2c(n1)N(C(=O)OC(C)(C)C)CCC2. The normalized spacial score (nSPS) is 15.0. The molecule has 2 aliphatic rings. The van der Waals surface area contributed by atoms with Gasteiger partial charge in [0.05, 0.1) is 12.8 Å². The molecule has 0 bridgehead atoms. The zero-order valence-corrected chi connectivity index (χ0v) is 26.3. The van der Waals surface area contributed by atoms with Crippen LogP contribution < -0.4 is 15.0 Å². The summed E-state index contributed by atoms with van der Waals surface area (Å²) < 4.78 is 52.3. The molecule has 4 aromatic rings. The third-order valence-electron chi connectivity index (χ3n) is 7.73. The van der Waals surface area contributed by atoms with Crippen LogP contribution in [0.4, 0.5) is 29.6 Å². The van der Waals surface area contributed by atoms with Crippen LogP contribution in [0.1, 0.15) is 68.5 Å². The number of nitrogens with one attached hydrogen (secondary N) is 1. The summed E-state index contributed by atoms with van der Waals surface area (Å²) in [7, 11) is 3.07. The summed E-state index contributed by atoms with van der Waals surface area (Å²) in [6, 6.07) is 7.12. The van der Waals surface area contributed by atoms with Gasteiger partial charge in [-0.25, -0.2) is 29.7 Å². The van der Waals surface area contributed by atoms with Crippen molar-refractivity contribution in [2.24, 2.45) is 7.05 Å². The van der Waals surface area contributed by atoms with Crippen molar-refractivity contribution in [3.63, 3.8) is 0 Å². The number of fused-ring (bicyclic) bond motifs is 1. The lowest BCUT2D eigenvalue weighted by Gasteiger charge is -2.32. The van der Waals surface area contributed by atoms with E-state index in [1.807, 2.05) is 32.9 Å². The van der Waals surface area contributed by atoms with E-state index in [9.17, 15) is 18.0 Å². The third kappa shape index (κ3) is 6.46. The van der Waals surface area contributed by atoms with E-state index in [1.54, 1.807) is 17.0 Å².